The SMILES string of the molecule is CCCCCCCCCCCCCCCCC1=C[C@H](C(=O)O)[C@H]2C(=O)C(C(=O)OC)=C(CCCCCCCCCCCCCCCC)[C@H]2C1C(=O)OC. The van der Waals surface area contributed by atoms with E-state index in [-0.39, 0.29) is 5.57 Å². The molecule has 7 heteroatoms. The maximum Gasteiger partial charge on any atom is 0.341 e. The monoisotopic (exact) mass is 743 g/mol. The molecule has 1 N–H and O–H groups in total. The quantitative estimate of drug-likeness (QED) is 0.0309. The summed E-state index contributed by atoms with van der Waals surface area (Å²) in [5.74, 6) is -6.36. The number of esters is 2. The van der Waals surface area contributed by atoms with Crippen molar-refractivity contribution in [1.29, 1.82) is 0 Å². The molecule has 53 heavy (non-hydrogen) atoms. The van der Waals surface area contributed by atoms with E-state index in [1.54, 1.807) is 6.08 Å². The lowest BCUT2D eigenvalue weighted by Crippen LogP contribution is -2.42. The minimum Gasteiger partial charge on any atom is -0.481 e. The molecule has 0 aromatic heterocycles. The normalized spacial score (nSPS) is 19.7. The van der Waals surface area contributed by atoms with Crippen LogP contribution >= 0.6 is 0 Å². The van der Waals surface area contributed by atoms with Gasteiger partial charge in [0, 0.05) is 11.8 Å². The number of methoxy groups -OCH3 is 2. The molecule has 304 valence electrons. The smallest absolute Gasteiger partial charge is 0.341 e. The van der Waals surface area contributed by atoms with Crippen LogP contribution in [0.4, 0.5) is 0 Å². The summed E-state index contributed by atoms with van der Waals surface area (Å²) in [6.07, 6.45) is 37.2. The van der Waals surface area contributed by atoms with Crippen LogP contribution in [0.2, 0.25) is 0 Å². The Morgan fingerprint density at radius 2 is 0.925 bits per heavy atom. The number of unbranched alkanes of at least 4 members (excludes halogenated alkanes) is 26. The minimum absolute atomic E-state index is 0.0384. The fraction of sp³-hybridized carbons (Fsp3) is 0.826. The first-order valence-corrected chi connectivity index (χ1v) is 22.2. The molecule has 7 nitrogen and oxygen atoms in total. The molecular formula is C46H78O7. The molecule has 0 aliphatic heterocycles. The summed E-state index contributed by atoms with van der Waals surface area (Å²) in [5.41, 5.74) is 1.30. The van der Waals surface area contributed by atoms with E-state index in [2.05, 4.69) is 13.8 Å². The molecule has 0 spiro atoms. The molecule has 0 bridgehead atoms. The summed E-state index contributed by atoms with van der Waals surface area (Å²) in [7, 11) is 2.60. The second kappa shape index (κ2) is 28.9. The Kier molecular flexibility index (Phi) is 25.5. The van der Waals surface area contributed by atoms with Gasteiger partial charge in [-0.1, -0.05) is 192 Å². The third-order valence-corrected chi connectivity index (χ3v) is 11.9. The van der Waals surface area contributed by atoms with E-state index < -0.39 is 47.4 Å². The van der Waals surface area contributed by atoms with Crippen LogP contribution in [-0.2, 0) is 28.7 Å². The third-order valence-electron chi connectivity index (χ3n) is 11.9. The molecule has 0 fully saturated rings. The molecule has 1 unspecified atom stereocenters. The summed E-state index contributed by atoms with van der Waals surface area (Å²) in [5, 5.41) is 10.3. The number of Topliss-reactive ketones (excluding diaryl/α,β-unsaturated/α-hetero) is 1. The van der Waals surface area contributed by atoms with E-state index in [0.717, 1.165) is 50.5 Å². The van der Waals surface area contributed by atoms with Gasteiger partial charge in [0.2, 0.25) is 0 Å². The summed E-state index contributed by atoms with van der Waals surface area (Å²) in [6, 6.07) is 0. The van der Waals surface area contributed by atoms with Crippen molar-refractivity contribution < 1.29 is 33.8 Å². The van der Waals surface area contributed by atoms with Crippen molar-refractivity contribution in [3.05, 3.63) is 22.8 Å². The zero-order valence-electron chi connectivity index (χ0n) is 34.5. The van der Waals surface area contributed by atoms with E-state index in [1.165, 1.54) is 149 Å². The zero-order valence-corrected chi connectivity index (χ0v) is 34.5. The van der Waals surface area contributed by atoms with Crippen LogP contribution in [0.1, 0.15) is 206 Å². The Balaban J connectivity index is 1.93. The Bertz CT molecular complexity index is 1120. The Morgan fingerprint density at radius 3 is 1.28 bits per heavy atom. The molecule has 2 rings (SSSR count). The highest BCUT2D eigenvalue weighted by molar-refractivity contribution is 6.22. The lowest BCUT2D eigenvalue weighted by atomic mass is 9.65. The lowest BCUT2D eigenvalue weighted by molar-refractivity contribution is -0.151. The molecular weight excluding hydrogens is 664 g/mol. The number of carboxylic acid groups (broad SMARTS) is 1. The molecule has 0 heterocycles. The topological polar surface area (TPSA) is 107 Å². The van der Waals surface area contributed by atoms with Crippen LogP contribution in [0, 0.1) is 23.7 Å². The highest BCUT2D eigenvalue weighted by Gasteiger charge is 2.56. The fourth-order valence-corrected chi connectivity index (χ4v) is 8.88. The lowest BCUT2D eigenvalue weighted by Gasteiger charge is -2.37. The maximum absolute atomic E-state index is 13.9. The third kappa shape index (κ3) is 16.9. The first-order chi connectivity index (χ1) is 25.8. The van der Waals surface area contributed by atoms with Crippen molar-refractivity contribution >= 4 is 23.7 Å². The second-order valence-corrected chi connectivity index (χ2v) is 16.1. The van der Waals surface area contributed by atoms with Crippen LogP contribution in [0.5, 0.6) is 0 Å². The van der Waals surface area contributed by atoms with Gasteiger partial charge < -0.3 is 14.6 Å². The number of carbonyl (C=O) groups excluding carboxylic acids is 3. The molecule has 0 saturated carbocycles. The van der Waals surface area contributed by atoms with Gasteiger partial charge in [0.1, 0.15) is 5.57 Å². The number of fused-ring (bicyclic) bond motifs is 1. The molecule has 0 radical (unpaired) electrons. The van der Waals surface area contributed by atoms with Crippen molar-refractivity contribution in [2.24, 2.45) is 23.7 Å². The number of hydrogen-bond acceptors (Lipinski definition) is 6. The maximum atomic E-state index is 13.9. The predicted molar refractivity (Wildman–Crippen MR) is 216 cm³/mol. The van der Waals surface area contributed by atoms with Crippen LogP contribution in [-0.4, -0.2) is 43.0 Å². The summed E-state index contributed by atoms with van der Waals surface area (Å²) in [4.78, 5) is 53.1. The molecule has 2 aliphatic carbocycles. The van der Waals surface area contributed by atoms with Gasteiger partial charge in [-0.05, 0) is 31.3 Å². The fourth-order valence-electron chi connectivity index (χ4n) is 8.88. The van der Waals surface area contributed by atoms with Crippen molar-refractivity contribution in [3.63, 3.8) is 0 Å². The summed E-state index contributed by atoms with van der Waals surface area (Å²) in [6.45, 7) is 4.51. The Hall–Kier alpha value is -2.44. The van der Waals surface area contributed by atoms with E-state index in [9.17, 15) is 24.3 Å². The van der Waals surface area contributed by atoms with Crippen molar-refractivity contribution in [1.82, 2.24) is 0 Å². The average Bonchev–Trinajstić information content (AvgIpc) is 3.44. The van der Waals surface area contributed by atoms with Crippen LogP contribution in [0.3, 0.4) is 0 Å². The highest BCUT2D eigenvalue weighted by Crippen LogP contribution is 2.52. The van der Waals surface area contributed by atoms with E-state index >= 15 is 0 Å². The van der Waals surface area contributed by atoms with E-state index in [0.29, 0.717) is 18.4 Å². The average molecular weight is 743 g/mol. The number of allylic oxidation sites excluding steroid dienone is 1. The van der Waals surface area contributed by atoms with Gasteiger partial charge in [0.05, 0.1) is 26.1 Å². The molecule has 4 atom stereocenters. The molecule has 0 aromatic carbocycles. The summed E-state index contributed by atoms with van der Waals surface area (Å²) >= 11 is 0. The van der Waals surface area contributed by atoms with Crippen LogP contribution in [0.15, 0.2) is 22.8 Å². The number of aliphatic carboxylic acids is 1. The number of ether oxygens (including phenoxy) is 2. The molecule has 0 amide bonds. The van der Waals surface area contributed by atoms with Crippen molar-refractivity contribution in [2.45, 2.75) is 206 Å². The standard InChI is InChI=1S/C46H78O7/c1-5-7-9-11-13-15-17-19-21-23-25-27-29-31-33-36-35-38(44(48)49)41-40(39(36)45(50)52-3)37(42(43(41)47)46(51)53-4)34-32-30-28-26-24-22-20-18-16-14-12-10-8-6-2/h35,38-41H,5-34H2,1-4H3,(H,48,49)/t38-,39?,40-,41+/m0/s1. The first kappa shape index (κ1) is 46.7. The zero-order chi connectivity index (χ0) is 38.7. The number of ketones is 1. The largest absolute Gasteiger partial charge is 0.481 e. The van der Waals surface area contributed by atoms with Gasteiger partial charge in [-0.2, -0.15) is 0 Å². The molecule has 0 aromatic rings. The van der Waals surface area contributed by atoms with E-state index in [4.69, 9.17) is 9.47 Å². The van der Waals surface area contributed by atoms with E-state index in [1.807, 2.05) is 0 Å². The predicted octanol–water partition coefficient (Wildman–Crippen LogP) is 12.4. The van der Waals surface area contributed by atoms with Gasteiger partial charge >= 0.3 is 17.9 Å². The van der Waals surface area contributed by atoms with Crippen molar-refractivity contribution in [3.8, 4) is 0 Å². The first-order valence-electron chi connectivity index (χ1n) is 22.2. The molecule has 2 aliphatic rings. The Morgan fingerprint density at radius 1 is 0.547 bits per heavy atom. The number of hydrogen-bond donors (Lipinski definition) is 1. The number of rotatable bonds is 33. The number of carboxylic acids is 1. The van der Waals surface area contributed by atoms with Crippen molar-refractivity contribution in [2.75, 3.05) is 14.2 Å². The van der Waals surface area contributed by atoms with Gasteiger partial charge in [-0.15, -0.1) is 0 Å². The van der Waals surface area contributed by atoms with Gasteiger partial charge in [-0.3, -0.25) is 14.4 Å². The highest BCUT2D eigenvalue weighted by atomic mass is 16.5. The van der Waals surface area contributed by atoms with Crippen LogP contribution < -0.4 is 0 Å². The van der Waals surface area contributed by atoms with Gasteiger partial charge in [-0.25, -0.2) is 4.79 Å². The van der Waals surface area contributed by atoms with Gasteiger partial charge in [0.25, 0.3) is 0 Å². The second-order valence-electron chi connectivity index (χ2n) is 16.1. The summed E-state index contributed by atoms with van der Waals surface area (Å²) < 4.78 is 10.4. The number of carbonyl (C=O) groups is 4. The Labute approximate surface area is 323 Å². The minimum atomic E-state index is -1.10. The van der Waals surface area contributed by atoms with Crippen LogP contribution in [0.25, 0.3) is 0 Å². The van der Waals surface area contributed by atoms with Gasteiger partial charge in [0.15, 0.2) is 5.78 Å². The molecule has 0 saturated heterocycles.